The van der Waals surface area contributed by atoms with Crippen molar-refractivity contribution >= 4 is 29.5 Å². The first-order valence-corrected chi connectivity index (χ1v) is 13.6. The highest BCUT2D eigenvalue weighted by Crippen LogP contribution is 2.12. The molecule has 0 radical (unpaired) electrons. The third-order valence-electron chi connectivity index (χ3n) is 6.42. The highest BCUT2D eigenvalue weighted by atomic mass is 16.4. The molecule has 0 aromatic heterocycles. The van der Waals surface area contributed by atoms with Crippen LogP contribution in [0.4, 0.5) is 0 Å². The molecule has 0 saturated carbocycles. The Labute approximate surface area is 216 Å². The van der Waals surface area contributed by atoms with Crippen molar-refractivity contribution in [1.82, 2.24) is 10.6 Å². The summed E-state index contributed by atoms with van der Waals surface area (Å²) in [5.74, 6) is -2.23. The minimum atomic E-state index is -1.14. The predicted molar refractivity (Wildman–Crippen MR) is 139 cm³/mol. The number of nitrogens with one attached hydrogen (secondary N) is 2. The summed E-state index contributed by atoms with van der Waals surface area (Å²) in [5, 5.41) is 23.2. The molecule has 0 aliphatic heterocycles. The molecule has 0 aliphatic rings. The van der Waals surface area contributed by atoms with Gasteiger partial charge >= 0.3 is 11.9 Å². The van der Waals surface area contributed by atoms with Crippen molar-refractivity contribution in [2.45, 2.75) is 129 Å². The molecule has 2 atom stereocenters. The third kappa shape index (κ3) is 20.9. The van der Waals surface area contributed by atoms with Gasteiger partial charge in [0.15, 0.2) is 0 Å². The number of hydrogen-bond donors (Lipinski definition) is 4. The Hall–Kier alpha value is -2.45. The molecule has 0 saturated heterocycles. The van der Waals surface area contributed by atoms with E-state index in [2.05, 4.69) is 10.6 Å². The van der Waals surface area contributed by atoms with E-state index in [4.69, 9.17) is 5.11 Å². The van der Waals surface area contributed by atoms with Gasteiger partial charge in [0, 0.05) is 31.7 Å². The maximum atomic E-state index is 12.1. The fraction of sp³-hybridized carbons (Fsp3) is 0.815. The molecule has 36 heavy (non-hydrogen) atoms. The Morgan fingerprint density at radius 2 is 1.17 bits per heavy atom. The van der Waals surface area contributed by atoms with Gasteiger partial charge in [-0.3, -0.25) is 19.2 Å². The monoisotopic (exact) mass is 512 g/mol. The lowest BCUT2D eigenvalue weighted by atomic mass is 10.0. The number of carbonyl (C=O) groups is 5. The van der Waals surface area contributed by atoms with Crippen LogP contribution in [0.2, 0.25) is 0 Å². The van der Waals surface area contributed by atoms with Crippen molar-refractivity contribution in [2.24, 2.45) is 5.92 Å². The van der Waals surface area contributed by atoms with E-state index in [-0.39, 0.29) is 49.2 Å². The summed E-state index contributed by atoms with van der Waals surface area (Å²) in [7, 11) is 0. The van der Waals surface area contributed by atoms with Gasteiger partial charge in [-0.1, -0.05) is 64.7 Å². The topological polar surface area (TPSA) is 150 Å². The van der Waals surface area contributed by atoms with E-state index in [9.17, 15) is 29.1 Å². The Morgan fingerprint density at radius 1 is 0.639 bits per heavy atom. The predicted octanol–water partition coefficient (Wildman–Crippen LogP) is 4.61. The summed E-state index contributed by atoms with van der Waals surface area (Å²) < 4.78 is 0. The lowest BCUT2D eigenvalue weighted by Gasteiger charge is -2.14. The second-order valence-corrected chi connectivity index (χ2v) is 9.78. The molecule has 0 bridgehead atoms. The second kappa shape index (κ2) is 21.8. The van der Waals surface area contributed by atoms with Gasteiger partial charge in [0.05, 0.1) is 0 Å². The molecule has 9 nitrogen and oxygen atoms in total. The van der Waals surface area contributed by atoms with Crippen LogP contribution < -0.4 is 10.6 Å². The molecule has 4 N–H and O–H groups in total. The summed E-state index contributed by atoms with van der Waals surface area (Å²) in [6, 6.07) is -1.07. The van der Waals surface area contributed by atoms with Crippen LogP contribution in [0.1, 0.15) is 123 Å². The molecule has 0 fully saturated rings. The first-order chi connectivity index (χ1) is 17.1. The van der Waals surface area contributed by atoms with Gasteiger partial charge in [-0.2, -0.15) is 0 Å². The van der Waals surface area contributed by atoms with Gasteiger partial charge in [-0.25, -0.2) is 4.79 Å². The number of carboxylic acids is 2. The van der Waals surface area contributed by atoms with Crippen molar-refractivity contribution in [3.63, 3.8) is 0 Å². The first kappa shape index (κ1) is 33.5. The lowest BCUT2D eigenvalue weighted by Crippen LogP contribution is -2.41. The van der Waals surface area contributed by atoms with E-state index >= 15 is 0 Å². The van der Waals surface area contributed by atoms with Gasteiger partial charge in [-0.05, 0) is 39.0 Å². The SMILES string of the molecule is CC(=O)[C@@H](C)CCCCNC(=O)CC[C@H](NC(=O)CCCCCCCCCCCCC(=O)O)C(=O)O. The summed E-state index contributed by atoms with van der Waals surface area (Å²) in [6.07, 6.45) is 12.9. The Morgan fingerprint density at radius 3 is 1.67 bits per heavy atom. The Bertz CT molecular complexity index is 667. The highest BCUT2D eigenvalue weighted by Gasteiger charge is 2.20. The van der Waals surface area contributed by atoms with E-state index in [1.165, 1.54) is 0 Å². The molecule has 0 spiro atoms. The molecule has 0 aromatic rings. The largest absolute Gasteiger partial charge is 0.481 e. The number of amides is 2. The summed E-state index contributed by atoms with van der Waals surface area (Å²) >= 11 is 0. The summed E-state index contributed by atoms with van der Waals surface area (Å²) in [4.78, 5) is 57.2. The zero-order valence-corrected chi connectivity index (χ0v) is 22.3. The fourth-order valence-electron chi connectivity index (χ4n) is 3.87. The normalized spacial score (nSPS) is 12.5. The maximum absolute atomic E-state index is 12.1. The van der Waals surface area contributed by atoms with Crippen LogP contribution in [0.5, 0.6) is 0 Å². The van der Waals surface area contributed by atoms with E-state index in [0.717, 1.165) is 77.0 Å². The summed E-state index contributed by atoms with van der Waals surface area (Å²) in [5.41, 5.74) is 0. The molecule has 208 valence electrons. The molecule has 0 aliphatic carbocycles. The van der Waals surface area contributed by atoms with E-state index < -0.39 is 18.0 Å². The highest BCUT2D eigenvalue weighted by molar-refractivity contribution is 5.84. The van der Waals surface area contributed by atoms with Crippen LogP contribution in [0.25, 0.3) is 0 Å². The van der Waals surface area contributed by atoms with Crippen molar-refractivity contribution in [3.05, 3.63) is 0 Å². The number of rotatable bonds is 24. The molecule has 2 amide bonds. The number of unbranched alkanes of at least 4 members (excludes halogenated alkanes) is 10. The van der Waals surface area contributed by atoms with Crippen molar-refractivity contribution in [2.75, 3.05) is 6.54 Å². The van der Waals surface area contributed by atoms with Gasteiger partial charge < -0.3 is 20.8 Å². The van der Waals surface area contributed by atoms with Crippen LogP contribution in [-0.2, 0) is 24.0 Å². The van der Waals surface area contributed by atoms with Crippen LogP contribution in [0, 0.1) is 5.92 Å². The smallest absolute Gasteiger partial charge is 0.326 e. The number of aliphatic carboxylic acids is 2. The van der Waals surface area contributed by atoms with Gasteiger partial charge in [-0.15, -0.1) is 0 Å². The van der Waals surface area contributed by atoms with Crippen molar-refractivity contribution in [3.8, 4) is 0 Å². The molecule has 9 heteroatoms. The average molecular weight is 513 g/mol. The van der Waals surface area contributed by atoms with Crippen LogP contribution >= 0.6 is 0 Å². The zero-order valence-electron chi connectivity index (χ0n) is 22.3. The maximum Gasteiger partial charge on any atom is 0.326 e. The van der Waals surface area contributed by atoms with Crippen LogP contribution in [0.3, 0.4) is 0 Å². The van der Waals surface area contributed by atoms with Crippen molar-refractivity contribution in [1.29, 1.82) is 0 Å². The zero-order chi connectivity index (χ0) is 27.2. The number of ketones is 1. The Kier molecular flexibility index (Phi) is 20.3. The number of carboxylic acid groups (broad SMARTS) is 2. The van der Waals surface area contributed by atoms with E-state index in [0.29, 0.717) is 13.0 Å². The first-order valence-electron chi connectivity index (χ1n) is 13.6. The van der Waals surface area contributed by atoms with Crippen LogP contribution in [0.15, 0.2) is 0 Å². The number of Topliss-reactive ketones (excluding diaryl/α,β-unsaturated/α-hetero) is 1. The van der Waals surface area contributed by atoms with Gasteiger partial charge in [0.2, 0.25) is 11.8 Å². The quantitative estimate of drug-likeness (QED) is 0.138. The third-order valence-corrected chi connectivity index (χ3v) is 6.42. The lowest BCUT2D eigenvalue weighted by molar-refractivity contribution is -0.142. The molecule has 0 unspecified atom stereocenters. The molecular formula is C27H48N2O7. The van der Waals surface area contributed by atoms with E-state index in [1.807, 2.05) is 6.92 Å². The fourth-order valence-corrected chi connectivity index (χ4v) is 3.87. The summed E-state index contributed by atoms with van der Waals surface area (Å²) in [6.45, 7) is 3.95. The van der Waals surface area contributed by atoms with Gasteiger partial charge in [0.1, 0.15) is 11.8 Å². The average Bonchev–Trinajstić information content (AvgIpc) is 2.81. The molecule has 0 rings (SSSR count). The standard InChI is InChI=1S/C27H48N2O7/c1-21(22(2)30)15-13-14-20-28-24(31)19-18-23(27(35)36)29-25(32)16-11-9-7-5-3-4-6-8-10-12-17-26(33)34/h21,23H,3-20H2,1-2H3,(H,28,31)(H,29,32)(H,33,34)(H,35,36)/t21-,23-/m0/s1. The molecule has 0 aromatic carbocycles. The Balaban J connectivity index is 3.80. The minimum absolute atomic E-state index is 0.0276. The number of carbonyl (C=O) groups excluding carboxylic acids is 3. The molecule has 0 heterocycles. The molecular weight excluding hydrogens is 464 g/mol. The van der Waals surface area contributed by atoms with Gasteiger partial charge in [0.25, 0.3) is 0 Å². The van der Waals surface area contributed by atoms with E-state index in [1.54, 1.807) is 6.92 Å². The minimum Gasteiger partial charge on any atom is -0.481 e. The number of hydrogen-bond acceptors (Lipinski definition) is 5. The van der Waals surface area contributed by atoms with Crippen molar-refractivity contribution < 1.29 is 34.2 Å². The van der Waals surface area contributed by atoms with Crippen LogP contribution in [-0.4, -0.2) is 52.3 Å². The second-order valence-electron chi connectivity index (χ2n) is 9.78.